The van der Waals surface area contributed by atoms with Gasteiger partial charge in [-0.25, -0.2) is 4.79 Å². The Balaban J connectivity index is 0.00000164. The zero-order valence-electron chi connectivity index (χ0n) is 53.8. The first kappa shape index (κ1) is 71.3. The molecule has 0 heterocycles. The lowest BCUT2D eigenvalue weighted by molar-refractivity contribution is -0.128. The van der Waals surface area contributed by atoms with Crippen LogP contribution >= 0.6 is 0 Å². The van der Waals surface area contributed by atoms with Crippen LogP contribution in [0.2, 0.25) is 0 Å². The Morgan fingerprint density at radius 3 is 1.70 bits per heavy atom. The molecule has 2 atom stereocenters. The van der Waals surface area contributed by atoms with Crippen LogP contribution in [0.3, 0.4) is 0 Å². The number of amides is 4. The summed E-state index contributed by atoms with van der Waals surface area (Å²) in [6, 6.07) is 52.9. The molecule has 7 N–H and O–H groups in total. The molecule has 93 heavy (non-hydrogen) atoms. The summed E-state index contributed by atoms with van der Waals surface area (Å²) < 4.78 is 50.1. The largest absolute Gasteiger partial charge is 0.493 e. The molecule has 8 rings (SSSR count). The Bertz CT molecular complexity index is 3380. The molecule has 1 aliphatic rings. The molecule has 0 aromatic heterocycles. The third kappa shape index (κ3) is 21.5. The van der Waals surface area contributed by atoms with Crippen molar-refractivity contribution in [2.24, 2.45) is 5.73 Å². The highest BCUT2D eigenvalue weighted by molar-refractivity contribution is 5.97. The molecule has 7 aromatic carbocycles. The first-order chi connectivity index (χ1) is 45.4. The molecular weight excluding hydrogens is 1180 g/mol. The highest BCUT2D eigenvalue weighted by atomic mass is 16.6. The minimum Gasteiger partial charge on any atom is -0.493 e. The molecular formula is C73H88N6O14. The topological polar surface area (TPSA) is 255 Å². The maximum atomic E-state index is 14.2. The summed E-state index contributed by atoms with van der Waals surface area (Å²) in [5, 5.41) is 15.3. The van der Waals surface area contributed by atoms with E-state index < -0.39 is 41.4 Å². The van der Waals surface area contributed by atoms with Crippen LogP contribution in [0.5, 0.6) is 23.0 Å². The van der Waals surface area contributed by atoms with E-state index >= 15 is 0 Å². The molecule has 0 radical (unpaired) electrons. The number of hydrogen-bond acceptors (Lipinski definition) is 16. The van der Waals surface area contributed by atoms with Crippen LogP contribution in [-0.2, 0) is 56.6 Å². The first-order valence-electron chi connectivity index (χ1n) is 31.3. The lowest BCUT2D eigenvalue weighted by Crippen LogP contribution is -2.47. The van der Waals surface area contributed by atoms with Gasteiger partial charge in [0.15, 0.2) is 17.2 Å². The number of aryl methyl sites for hydroxylation is 2. The minimum atomic E-state index is -0.973. The highest BCUT2D eigenvalue weighted by Crippen LogP contribution is 2.50. The predicted octanol–water partition coefficient (Wildman–Crippen LogP) is 9.36. The maximum absolute atomic E-state index is 14.2. The number of hydrogen-bond donors (Lipinski definition) is 6. The van der Waals surface area contributed by atoms with Gasteiger partial charge in [0.2, 0.25) is 28.9 Å². The smallest absolute Gasteiger partial charge is 0.407 e. The average molecular weight is 1270 g/mol. The van der Waals surface area contributed by atoms with Gasteiger partial charge in [0.05, 0.1) is 99.4 Å². The number of ether oxygens (including phenoxy) is 9. The minimum absolute atomic E-state index is 0.0173. The van der Waals surface area contributed by atoms with Gasteiger partial charge in [-0.15, -0.1) is 0 Å². The number of carbonyl (C=O) groups excluding carboxylic acids is 4. The van der Waals surface area contributed by atoms with E-state index in [1.807, 2.05) is 78.9 Å². The molecule has 0 spiro atoms. The van der Waals surface area contributed by atoms with E-state index in [9.17, 15) is 24.0 Å². The molecule has 4 amide bonds. The summed E-state index contributed by atoms with van der Waals surface area (Å²) in [6.07, 6.45) is 1.64. The molecule has 1 unspecified atom stereocenters. The lowest BCUT2D eigenvalue weighted by Gasteiger charge is -2.37. The lowest BCUT2D eigenvalue weighted by atomic mass is 9.77. The zero-order valence-corrected chi connectivity index (χ0v) is 53.8. The van der Waals surface area contributed by atoms with Gasteiger partial charge >= 0.3 is 6.09 Å². The molecule has 20 heteroatoms. The Labute approximate surface area is 545 Å². The van der Waals surface area contributed by atoms with Gasteiger partial charge in [0.25, 0.3) is 0 Å². The maximum Gasteiger partial charge on any atom is 0.407 e. The van der Waals surface area contributed by atoms with Crippen molar-refractivity contribution in [3.8, 4) is 34.1 Å². The van der Waals surface area contributed by atoms with Crippen molar-refractivity contribution in [1.29, 1.82) is 0 Å². The second kappa shape index (κ2) is 38.6. The average Bonchev–Trinajstić information content (AvgIpc) is 1.74. The van der Waals surface area contributed by atoms with E-state index in [4.69, 9.17) is 48.4 Å². The number of unbranched alkanes of at least 4 members (excludes halogenated alkanes) is 1. The van der Waals surface area contributed by atoms with Crippen LogP contribution in [0.15, 0.2) is 175 Å². The molecule has 0 saturated heterocycles. The number of benzene rings is 6. The standard InChI is InChI=1S/C66H80N6O14.C7H8/c1-78-57-30-28-52-53(43-56(57)73)54(29-25-47-42-58(79-2)62(80-3)63(81-4)61(47)52)72-65(77)86-45-46-23-26-51(27-24-46)70-64(76)55(71-60(75)44-68-59(74)31-34-82-36-38-84-40-41-85-39-37-83-35-32-67)22-14-15-33-69-66(48-16-8-5-9-17-48,49-18-10-6-11-19-49)50-20-12-7-13-21-50;1-7-5-3-2-4-6-7/h5-13,16-21,23-24,26-28,30,42-43,54-55,69H,14-15,22,25,29,31-41,44-45,67H2,1-4H3,(H,68,74)(H,70,76)(H,71,75)(H,72,77);2-6H,1H3/t54-,55?;/m0./s1. The molecule has 0 fully saturated rings. The summed E-state index contributed by atoms with van der Waals surface area (Å²) in [6.45, 7) is 5.55. The second-order valence-corrected chi connectivity index (χ2v) is 21.8. The summed E-state index contributed by atoms with van der Waals surface area (Å²) in [5.41, 5.74) is 12.6. The highest BCUT2D eigenvalue weighted by Gasteiger charge is 2.36. The van der Waals surface area contributed by atoms with Crippen LogP contribution in [0.25, 0.3) is 11.1 Å². The van der Waals surface area contributed by atoms with Crippen LogP contribution in [0.1, 0.15) is 77.1 Å². The van der Waals surface area contributed by atoms with E-state index in [0.717, 1.165) is 22.3 Å². The number of anilines is 1. The van der Waals surface area contributed by atoms with Crippen LogP contribution in [0.4, 0.5) is 10.5 Å². The molecule has 0 saturated carbocycles. The molecule has 0 aliphatic heterocycles. The number of methoxy groups -OCH3 is 4. The van der Waals surface area contributed by atoms with Crippen molar-refractivity contribution < 1.29 is 61.8 Å². The second-order valence-electron chi connectivity index (χ2n) is 21.8. The van der Waals surface area contributed by atoms with Gasteiger partial charge < -0.3 is 69.6 Å². The van der Waals surface area contributed by atoms with E-state index in [1.165, 1.54) is 40.1 Å². The number of nitrogens with one attached hydrogen (secondary N) is 5. The first-order valence-corrected chi connectivity index (χ1v) is 31.3. The Kier molecular flexibility index (Phi) is 29.6. The molecule has 1 aliphatic carbocycles. The van der Waals surface area contributed by atoms with Gasteiger partial charge in [-0.2, -0.15) is 0 Å². The van der Waals surface area contributed by atoms with Crippen molar-refractivity contribution in [2.45, 2.75) is 69.7 Å². The van der Waals surface area contributed by atoms with Gasteiger partial charge in [0.1, 0.15) is 12.6 Å². The van der Waals surface area contributed by atoms with Gasteiger partial charge in [-0.05, 0) is 115 Å². The zero-order chi connectivity index (χ0) is 66.1. The number of fused-ring (bicyclic) bond motifs is 3. The van der Waals surface area contributed by atoms with Crippen LogP contribution in [0, 0.1) is 6.92 Å². The van der Waals surface area contributed by atoms with Crippen molar-refractivity contribution in [3.05, 3.63) is 219 Å². The fraction of sp³-hybridized carbons (Fsp3) is 0.356. The normalized spacial score (nSPS) is 12.6. The number of rotatable bonds is 35. The summed E-state index contributed by atoms with van der Waals surface area (Å²) >= 11 is 0. The summed E-state index contributed by atoms with van der Waals surface area (Å²) in [4.78, 5) is 67.4. The van der Waals surface area contributed by atoms with Crippen LogP contribution < -0.4 is 56.7 Å². The Hall–Kier alpha value is -9.15. The van der Waals surface area contributed by atoms with E-state index in [2.05, 4.69) is 82.0 Å². The van der Waals surface area contributed by atoms with Crippen molar-refractivity contribution in [1.82, 2.24) is 21.3 Å². The summed E-state index contributed by atoms with van der Waals surface area (Å²) in [7, 11) is 6.00. The number of carbonyl (C=O) groups is 4. The van der Waals surface area contributed by atoms with Gasteiger partial charge in [-0.1, -0.05) is 145 Å². The van der Waals surface area contributed by atoms with E-state index in [-0.39, 0.29) is 50.4 Å². The van der Waals surface area contributed by atoms with Gasteiger partial charge in [0, 0.05) is 24.2 Å². The molecule has 494 valence electrons. The SMILES string of the molecule is COc1cc2c(c(OC)c1OC)-c1ccc(OC)c(=O)cc1[C@@H](NC(=O)OCc1ccc(NC(=O)C(CCCCNC(c3ccccc3)(c3ccccc3)c3ccccc3)NC(=O)CNC(=O)CCOCCOCCOCCOCCN)cc1)CC2.Cc1ccccc1. The number of alkyl carbamates (subject to hydrolysis) is 1. The van der Waals surface area contributed by atoms with Crippen molar-refractivity contribution >= 4 is 29.5 Å². The van der Waals surface area contributed by atoms with E-state index in [0.29, 0.717) is 124 Å². The molecule has 7 aromatic rings. The Morgan fingerprint density at radius 1 is 0.602 bits per heavy atom. The quantitative estimate of drug-likeness (QED) is 0.0160. The van der Waals surface area contributed by atoms with Crippen LogP contribution in [-0.4, -0.2) is 131 Å². The third-order valence-electron chi connectivity index (χ3n) is 15.4. The monoisotopic (exact) mass is 1270 g/mol. The van der Waals surface area contributed by atoms with E-state index in [1.54, 1.807) is 36.4 Å². The molecule has 0 bridgehead atoms. The van der Waals surface area contributed by atoms with Gasteiger partial charge in [-0.3, -0.25) is 24.5 Å². The fourth-order valence-corrected chi connectivity index (χ4v) is 10.8. The predicted molar refractivity (Wildman–Crippen MR) is 358 cm³/mol. The fourth-order valence-electron chi connectivity index (χ4n) is 10.8. The Morgan fingerprint density at radius 2 is 1.16 bits per heavy atom. The van der Waals surface area contributed by atoms with Crippen molar-refractivity contribution in [3.63, 3.8) is 0 Å². The summed E-state index contributed by atoms with van der Waals surface area (Å²) in [5.74, 6) is -0.00257. The third-order valence-corrected chi connectivity index (χ3v) is 15.4. The molecule has 20 nitrogen and oxygen atoms in total. The number of nitrogens with two attached hydrogens (primary N) is 1. The van der Waals surface area contributed by atoms with Crippen molar-refractivity contribution in [2.75, 3.05) is 106 Å².